The highest BCUT2D eigenvalue weighted by Gasteiger charge is 2.11. The van der Waals surface area contributed by atoms with Crippen molar-refractivity contribution in [2.45, 2.75) is 19.4 Å². The van der Waals surface area contributed by atoms with Gasteiger partial charge < -0.3 is 5.32 Å². The second kappa shape index (κ2) is 4.94. The molecule has 3 heteroatoms. The van der Waals surface area contributed by atoms with E-state index in [9.17, 15) is 0 Å². The normalized spacial score (nSPS) is 12.8. The van der Waals surface area contributed by atoms with Crippen molar-refractivity contribution in [3.05, 3.63) is 32.9 Å². The van der Waals surface area contributed by atoms with Gasteiger partial charge in [0.15, 0.2) is 0 Å². The van der Waals surface area contributed by atoms with Gasteiger partial charge >= 0.3 is 0 Å². The van der Waals surface area contributed by atoms with Crippen LogP contribution in [0.1, 0.15) is 22.9 Å². The summed E-state index contributed by atoms with van der Waals surface area (Å²) in [5, 5.41) is 3.28. The quantitative estimate of drug-likeness (QED) is 0.815. The second-order valence-electron chi connectivity index (χ2n) is 2.97. The first-order chi connectivity index (χ1) is 6.19. The molecule has 0 bridgehead atoms. The number of hydrogen-bond donors (Lipinski definition) is 1. The third kappa shape index (κ3) is 2.66. The molecule has 1 aromatic rings. The van der Waals surface area contributed by atoms with Crippen molar-refractivity contribution in [3.63, 3.8) is 0 Å². The lowest BCUT2D eigenvalue weighted by molar-refractivity contribution is 0.614. The van der Waals surface area contributed by atoms with E-state index in [2.05, 4.69) is 40.8 Å². The Morgan fingerprint density at radius 1 is 1.77 bits per heavy atom. The molecule has 0 spiro atoms. The fourth-order valence-electron chi connectivity index (χ4n) is 1.20. The van der Waals surface area contributed by atoms with Gasteiger partial charge in [-0.15, -0.1) is 17.9 Å². The van der Waals surface area contributed by atoms with Gasteiger partial charge in [-0.2, -0.15) is 0 Å². The fraction of sp³-hybridized carbons (Fsp3) is 0.400. The van der Waals surface area contributed by atoms with Crippen molar-refractivity contribution in [3.8, 4) is 0 Å². The lowest BCUT2D eigenvalue weighted by atomic mass is 10.1. The molecular formula is C10H14BrNS. The first-order valence-electron chi connectivity index (χ1n) is 4.23. The molecule has 1 rings (SSSR count). The Kier molecular flexibility index (Phi) is 4.16. The zero-order chi connectivity index (χ0) is 9.84. The van der Waals surface area contributed by atoms with Crippen LogP contribution in [0, 0.1) is 6.92 Å². The summed E-state index contributed by atoms with van der Waals surface area (Å²) in [5.41, 5.74) is 1.31. The van der Waals surface area contributed by atoms with E-state index in [1.807, 2.05) is 13.1 Å². The van der Waals surface area contributed by atoms with Crippen molar-refractivity contribution in [2.24, 2.45) is 0 Å². The molecule has 0 aliphatic carbocycles. The zero-order valence-electron chi connectivity index (χ0n) is 7.93. The number of nitrogens with one attached hydrogen (secondary N) is 1. The van der Waals surface area contributed by atoms with E-state index >= 15 is 0 Å². The van der Waals surface area contributed by atoms with Gasteiger partial charge in [0, 0.05) is 10.9 Å². The van der Waals surface area contributed by atoms with E-state index in [4.69, 9.17) is 0 Å². The molecule has 0 amide bonds. The van der Waals surface area contributed by atoms with Crippen LogP contribution < -0.4 is 5.32 Å². The van der Waals surface area contributed by atoms with Gasteiger partial charge in [-0.25, -0.2) is 0 Å². The summed E-state index contributed by atoms with van der Waals surface area (Å²) in [6, 6.07) is 2.63. The second-order valence-corrected chi connectivity index (χ2v) is 5.37. The highest BCUT2D eigenvalue weighted by Crippen LogP contribution is 2.32. The SMILES string of the molecule is C=CCC(NC)c1cc(C)c(Br)s1. The number of halogens is 1. The summed E-state index contributed by atoms with van der Waals surface area (Å²) in [7, 11) is 1.98. The number of rotatable bonds is 4. The first-order valence-corrected chi connectivity index (χ1v) is 5.84. The smallest absolute Gasteiger partial charge is 0.0731 e. The van der Waals surface area contributed by atoms with Crippen LogP contribution in [0.25, 0.3) is 0 Å². The van der Waals surface area contributed by atoms with Gasteiger partial charge in [0.05, 0.1) is 3.79 Å². The zero-order valence-corrected chi connectivity index (χ0v) is 10.3. The van der Waals surface area contributed by atoms with Crippen LogP contribution in [0.4, 0.5) is 0 Å². The maximum Gasteiger partial charge on any atom is 0.0731 e. The van der Waals surface area contributed by atoms with E-state index in [-0.39, 0.29) is 0 Å². The molecule has 0 aliphatic heterocycles. The van der Waals surface area contributed by atoms with E-state index in [0.29, 0.717) is 6.04 Å². The predicted molar refractivity (Wildman–Crippen MR) is 63.4 cm³/mol. The number of hydrogen-bond acceptors (Lipinski definition) is 2. The molecule has 13 heavy (non-hydrogen) atoms. The van der Waals surface area contributed by atoms with Crippen LogP contribution in [-0.2, 0) is 0 Å². The minimum atomic E-state index is 0.410. The molecule has 0 aromatic carbocycles. The number of thiophene rings is 1. The molecule has 1 aromatic heterocycles. The Bertz CT molecular complexity index is 274. The summed E-state index contributed by atoms with van der Waals surface area (Å²) in [4.78, 5) is 1.37. The lowest BCUT2D eigenvalue weighted by Gasteiger charge is -2.10. The molecular weight excluding hydrogens is 246 g/mol. The molecule has 0 aliphatic rings. The Morgan fingerprint density at radius 3 is 2.85 bits per heavy atom. The molecule has 1 nitrogen and oxygen atoms in total. The first kappa shape index (κ1) is 11.0. The molecule has 72 valence electrons. The average Bonchev–Trinajstić information content (AvgIpc) is 2.43. The molecule has 0 saturated carbocycles. The van der Waals surface area contributed by atoms with Crippen molar-refractivity contribution >= 4 is 27.3 Å². The topological polar surface area (TPSA) is 12.0 Å². The van der Waals surface area contributed by atoms with Crippen molar-refractivity contribution in [2.75, 3.05) is 7.05 Å². The van der Waals surface area contributed by atoms with E-state index < -0.39 is 0 Å². The van der Waals surface area contributed by atoms with Crippen LogP contribution in [0.2, 0.25) is 0 Å². The summed E-state index contributed by atoms with van der Waals surface area (Å²) in [5.74, 6) is 0. The Morgan fingerprint density at radius 2 is 2.46 bits per heavy atom. The van der Waals surface area contributed by atoms with Crippen LogP contribution >= 0.6 is 27.3 Å². The van der Waals surface area contributed by atoms with E-state index in [1.54, 1.807) is 11.3 Å². The lowest BCUT2D eigenvalue weighted by Crippen LogP contribution is -2.13. The van der Waals surface area contributed by atoms with Gasteiger partial charge in [-0.1, -0.05) is 6.08 Å². The Labute approximate surface area is 92.0 Å². The number of aryl methyl sites for hydroxylation is 1. The van der Waals surface area contributed by atoms with Gasteiger partial charge in [0.2, 0.25) is 0 Å². The van der Waals surface area contributed by atoms with Crippen LogP contribution in [0.15, 0.2) is 22.5 Å². The van der Waals surface area contributed by atoms with Crippen molar-refractivity contribution in [1.29, 1.82) is 0 Å². The van der Waals surface area contributed by atoms with Gasteiger partial charge in [-0.3, -0.25) is 0 Å². The summed E-state index contributed by atoms with van der Waals surface area (Å²) < 4.78 is 1.23. The minimum absolute atomic E-state index is 0.410. The standard InChI is InChI=1S/C10H14BrNS/c1-4-5-8(12-3)9-6-7(2)10(11)13-9/h4,6,8,12H,1,5H2,2-3H3. The van der Waals surface area contributed by atoms with Crippen molar-refractivity contribution in [1.82, 2.24) is 5.32 Å². The summed E-state index contributed by atoms with van der Waals surface area (Å²) in [6.07, 6.45) is 2.92. The molecule has 1 heterocycles. The Hall–Kier alpha value is -0.120. The van der Waals surface area contributed by atoms with Crippen LogP contribution in [0.5, 0.6) is 0 Å². The largest absolute Gasteiger partial charge is 0.312 e. The van der Waals surface area contributed by atoms with Gasteiger partial charge in [0.25, 0.3) is 0 Å². The molecule has 1 unspecified atom stereocenters. The minimum Gasteiger partial charge on any atom is -0.312 e. The monoisotopic (exact) mass is 259 g/mol. The average molecular weight is 260 g/mol. The molecule has 0 saturated heterocycles. The van der Waals surface area contributed by atoms with Crippen LogP contribution in [-0.4, -0.2) is 7.05 Å². The third-order valence-corrected chi connectivity index (χ3v) is 4.22. The van der Waals surface area contributed by atoms with Gasteiger partial charge in [0.1, 0.15) is 0 Å². The molecule has 0 radical (unpaired) electrons. The fourth-order valence-corrected chi connectivity index (χ4v) is 2.89. The van der Waals surface area contributed by atoms with Crippen molar-refractivity contribution < 1.29 is 0 Å². The van der Waals surface area contributed by atoms with E-state index in [1.165, 1.54) is 14.2 Å². The van der Waals surface area contributed by atoms with E-state index in [0.717, 1.165) is 6.42 Å². The maximum absolute atomic E-state index is 3.76. The molecule has 1 atom stereocenters. The highest BCUT2D eigenvalue weighted by atomic mass is 79.9. The summed E-state index contributed by atoms with van der Waals surface area (Å²) in [6.45, 7) is 5.87. The highest BCUT2D eigenvalue weighted by molar-refractivity contribution is 9.11. The summed E-state index contributed by atoms with van der Waals surface area (Å²) >= 11 is 5.32. The van der Waals surface area contributed by atoms with Crippen LogP contribution in [0.3, 0.4) is 0 Å². The maximum atomic E-state index is 3.76. The Balaban J connectivity index is 2.84. The van der Waals surface area contributed by atoms with Gasteiger partial charge in [-0.05, 0) is 48.0 Å². The molecule has 1 N–H and O–H groups in total. The molecule has 0 fully saturated rings. The predicted octanol–water partition coefficient (Wildman–Crippen LogP) is 3.66. The third-order valence-electron chi connectivity index (χ3n) is 1.97.